The summed E-state index contributed by atoms with van der Waals surface area (Å²) in [7, 11) is 0. The molecule has 0 aromatic rings. The van der Waals surface area contributed by atoms with E-state index in [1.807, 2.05) is 0 Å². The molecule has 0 aliphatic rings. The van der Waals surface area contributed by atoms with Gasteiger partial charge in [0.1, 0.15) is 0 Å². The lowest BCUT2D eigenvalue weighted by molar-refractivity contribution is -0.324. The molecular formula is C8H11F3O3. The average Bonchev–Trinajstić information content (AvgIpc) is 2.01. The second-order valence-corrected chi connectivity index (χ2v) is 2.56. The molecule has 0 aromatic carbocycles. The Labute approximate surface area is 79.5 Å². The van der Waals surface area contributed by atoms with Crippen LogP contribution in [0.4, 0.5) is 13.2 Å². The van der Waals surface area contributed by atoms with E-state index in [1.54, 1.807) is 0 Å². The maximum Gasteiger partial charge on any atom is 0.522 e. The van der Waals surface area contributed by atoms with Gasteiger partial charge in [0, 0.05) is 12.0 Å². The Morgan fingerprint density at radius 3 is 2.36 bits per heavy atom. The quantitative estimate of drug-likeness (QED) is 0.397. The van der Waals surface area contributed by atoms with Crippen molar-refractivity contribution in [2.24, 2.45) is 0 Å². The van der Waals surface area contributed by atoms with Gasteiger partial charge in [0.15, 0.2) is 0 Å². The van der Waals surface area contributed by atoms with Gasteiger partial charge in [-0.2, -0.15) is 0 Å². The number of carbonyl (C=O) groups is 1. The van der Waals surface area contributed by atoms with Crippen LogP contribution in [0.1, 0.15) is 13.3 Å². The summed E-state index contributed by atoms with van der Waals surface area (Å²) in [5, 5.41) is 0. The summed E-state index contributed by atoms with van der Waals surface area (Å²) in [4.78, 5) is 10.7. The molecule has 0 amide bonds. The van der Waals surface area contributed by atoms with Gasteiger partial charge in [0.2, 0.25) is 0 Å². The van der Waals surface area contributed by atoms with Gasteiger partial charge in [0.05, 0.1) is 13.2 Å². The highest BCUT2D eigenvalue weighted by atomic mass is 19.4. The summed E-state index contributed by atoms with van der Waals surface area (Å²) in [5.74, 6) is -0.614. The molecule has 0 spiro atoms. The van der Waals surface area contributed by atoms with Gasteiger partial charge in [-0.25, -0.2) is 4.79 Å². The summed E-state index contributed by atoms with van der Waals surface area (Å²) in [6.45, 7) is 4.13. The van der Waals surface area contributed by atoms with Crippen LogP contribution in [0.3, 0.4) is 0 Å². The first kappa shape index (κ1) is 13.0. The predicted octanol–water partition coefficient (Wildman–Crippen LogP) is 2.03. The Hall–Kier alpha value is -1.04. The molecule has 3 nitrogen and oxygen atoms in total. The molecule has 0 aliphatic carbocycles. The molecule has 6 heteroatoms. The first-order valence-corrected chi connectivity index (χ1v) is 3.86. The van der Waals surface area contributed by atoms with Gasteiger partial charge in [-0.1, -0.05) is 6.58 Å². The minimum Gasteiger partial charge on any atom is -0.462 e. The average molecular weight is 212 g/mol. The van der Waals surface area contributed by atoms with E-state index in [1.165, 1.54) is 6.92 Å². The second-order valence-electron chi connectivity index (χ2n) is 2.56. The highest BCUT2D eigenvalue weighted by Gasteiger charge is 2.28. The zero-order valence-corrected chi connectivity index (χ0v) is 7.69. The molecule has 0 rings (SSSR count). The molecule has 0 aromatic heterocycles. The van der Waals surface area contributed by atoms with Gasteiger partial charge in [0.25, 0.3) is 0 Å². The number of halogens is 3. The molecular weight excluding hydrogens is 201 g/mol. The fourth-order valence-electron chi connectivity index (χ4n) is 0.535. The lowest BCUT2D eigenvalue weighted by atomic mass is 10.4. The number of hydrogen-bond acceptors (Lipinski definition) is 3. The van der Waals surface area contributed by atoms with Crippen molar-refractivity contribution < 1.29 is 27.4 Å². The summed E-state index contributed by atoms with van der Waals surface area (Å²) in [6.07, 6.45) is -4.63. The van der Waals surface area contributed by atoms with Crippen LogP contribution >= 0.6 is 0 Å². The van der Waals surface area contributed by atoms with Crippen molar-refractivity contribution in [3.05, 3.63) is 12.2 Å². The zero-order chi connectivity index (χ0) is 11.2. The van der Waals surface area contributed by atoms with Crippen molar-refractivity contribution in [3.8, 4) is 0 Å². The van der Waals surface area contributed by atoms with Crippen molar-refractivity contribution in [1.29, 1.82) is 0 Å². The molecule has 0 saturated heterocycles. The highest BCUT2D eigenvalue weighted by molar-refractivity contribution is 5.86. The fourth-order valence-corrected chi connectivity index (χ4v) is 0.535. The van der Waals surface area contributed by atoms with Crippen LogP contribution in [0, 0.1) is 0 Å². The van der Waals surface area contributed by atoms with E-state index >= 15 is 0 Å². The first-order chi connectivity index (χ1) is 6.33. The van der Waals surface area contributed by atoms with Gasteiger partial charge in [-0.15, -0.1) is 13.2 Å². The van der Waals surface area contributed by atoms with Crippen molar-refractivity contribution in [2.45, 2.75) is 19.7 Å². The molecule has 0 fully saturated rings. The number of carbonyl (C=O) groups excluding carboxylic acids is 1. The van der Waals surface area contributed by atoms with E-state index in [4.69, 9.17) is 0 Å². The molecule has 0 saturated carbocycles. The van der Waals surface area contributed by atoms with Crippen molar-refractivity contribution in [2.75, 3.05) is 13.2 Å². The Bertz CT molecular complexity index is 210. The maximum absolute atomic E-state index is 11.4. The van der Waals surface area contributed by atoms with Crippen LogP contribution in [0.25, 0.3) is 0 Å². The Balaban J connectivity index is 3.39. The van der Waals surface area contributed by atoms with E-state index in [0.29, 0.717) is 0 Å². The van der Waals surface area contributed by atoms with Gasteiger partial charge >= 0.3 is 12.3 Å². The number of esters is 1. The SMILES string of the molecule is C=C(C)C(=O)OCCCOC(F)(F)F. The summed E-state index contributed by atoms with van der Waals surface area (Å²) in [5.41, 5.74) is 0.210. The predicted molar refractivity (Wildman–Crippen MR) is 42.4 cm³/mol. The lowest BCUT2D eigenvalue weighted by Crippen LogP contribution is -2.16. The topological polar surface area (TPSA) is 35.5 Å². The van der Waals surface area contributed by atoms with E-state index in [2.05, 4.69) is 16.1 Å². The Morgan fingerprint density at radius 2 is 1.93 bits per heavy atom. The van der Waals surface area contributed by atoms with Crippen LogP contribution in [0.5, 0.6) is 0 Å². The van der Waals surface area contributed by atoms with E-state index < -0.39 is 18.9 Å². The molecule has 0 aliphatic heterocycles. The number of hydrogen-bond donors (Lipinski definition) is 0. The minimum atomic E-state index is -4.63. The third-order valence-electron chi connectivity index (χ3n) is 1.14. The number of rotatable bonds is 5. The molecule has 14 heavy (non-hydrogen) atoms. The molecule has 0 heterocycles. The van der Waals surface area contributed by atoms with Crippen LogP contribution in [-0.4, -0.2) is 25.5 Å². The van der Waals surface area contributed by atoms with Crippen molar-refractivity contribution >= 4 is 5.97 Å². The normalized spacial score (nSPS) is 11.1. The Kier molecular flexibility index (Phi) is 5.22. The molecule has 0 radical (unpaired) electrons. The third-order valence-corrected chi connectivity index (χ3v) is 1.14. The fraction of sp³-hybridized carbons (Fsp3) is 0.625. The van der Waals surface area contributed by atoms with Crippen LogP contribution in [0.15, 0.2) is 12.2 Å². The van der Waals surface area contributed by atoms with Crippen LogP contribution in [-0.2, 0) is 14.3 Å². The number of alkyl halides is 3. The lowest BCUT2D eigenvalue weighted by Gasteiger charge is -2.07. The Morgan fingerprint density at radius 1 is 1.36 bits per heavy atom. The van der Waals surface area contributed by atoms with Gasteiger partial charge in [-0.05, 0) is 6.92 Å². The summed E-state index contributed by atoms with van der Waals surface area (Å²) in [6, 6.07) is 0. The highest BCUT2D eigenvalue weighted by Crippen LogP contribution is 2.15. The zero-order valence-electron chi connectivity index (χ0n) is 7.69. The molecule has 0 N–H and O–H groups in total. The van der Waals surface area contributed by atoms with Gasteiger partial charge < -0.3 is 4.74 Å². The van der Waals surface area contributed by atoms with Gasteiger partial charge in [-0.3, -0.25) is 4.74 Å². The first-order valence-electron chi connectivity index (χ1n) is 3.86. The molecule has 0 unspecified atom stereocenters. The third kappa shape index (κ3) is 7.60. The molecule has 82 valence electrons. The second kappa shape index (κ2) is 5.64. The van der Waals surface area contributed by atoms with E-state index in [0.717, 1.165) is 0 Å². The van der Waals surface area contributed by atoms with Crippen LogP contribution < -0.4 is 0 Å². The van der Waals surface area contributed by atoms with Crippen molar-refractivity contribution in [3.63, 3.8) is 0 Å². The number of ether oxygens (including phenoxy) is 2. The summed E-state index contributed by atoms with van der Waals surface area (Å²) < 4.78 is 42.3. The molecule has 0 atom stereocenters. The van der Waals surface area contributed by atoms with E-state index in [-0.39, 0.29) is 18.6 Å². The smallest absolute Gasteiger partial charge is 0.462 e. The standard InChI is InChI=1S/C8H11F3O3/c1-6(2)7(12)13-4-3-5-14-8(9,10)11/h1,3-5H2,2H3. The monoisotopic (exact) mass is 212 g/mol. The van der Waals surface area contributed by atoms with Crippen molar-refractivity contribution in [1.82, 2.24) is 0 Å². The summed E-state index contributed by atoms with van der Waals surface area (Å²) >= 11 is 0. The molecule has 0 bridgehead atoms. The van der Waals surface area contributed by atoms with E-state index in [9.17, 15) is 18.0 Å². The maximum atomic E-state index is 11.4. The van der Waals surface area contributed by atoms with Crippen LogP contribution in [0.2, 0.25) is 0 Å². The minimum absolute atomic E-state index is 0.00146. The largest absolute Gasteiger partial charge is 0.522 e.